The Balaban J connectivity index is 0.00000364. The smallest absolute Gasteiger partial charge is 0.240 e. The van der Waals surface area contributed by atoms with Gasteiger partial charge >= 0.3 is 0 Å². The minimum absolute atomic E-state index is 0. The lowest BCUT2D eigenvalue weighted by atomic mass is 10.1. The molecule has 6 nitrogen and oxygen atoms in total. The first-order chi connectivity index (χ1) is 12.5. The van der Waals surface area contributed by atoms with E-state index in [4.69, 9.17) is 5.73 Å². The molecule has 0 aliphatic rings. The number of rotatable bonds is 10. The average molecular weight is 414 g/mol. The third-order valence-corrected chi connectivity index (χ3v) is 5.69. The molecule has 0 heterocycles. The number of nitrogens with two attached hydrogens (primary N) is 1. The fraction of sp³-hybridized carbons (Fsp3) is 0.421. The van der Waals surface area contributed by atoms with Crippen molar-refractivity contribution in [2.45, 2.75) is 43.5 Å². The number of amides is 1. The Bertz CT molecular complexity index is 843. The summed E-state index contributed by atoms with van der Waals surface area (Å²) in [6.07, 6.45) is 2.95. The molecule has 4 N–H and O–H groups in total. The summed E-state index contributed by atoms with van der Waals surface area (Å²) in [5, 5.41) is 4.69. The number of nitrogens with one attached hydrogen (secondary N) is 2. The van der Waals surface area contributed by atoms with E-state index in [-0.39, 0.29) is 42.2 Å². The topological polar surface area (TPSA) is 101 Å². The molecule has 27 heavy (non-hydrogen) atoms. The summed E-state index contributed by atoms with van der Waals surface area (Å²) in [5.74, 6) is -0.197. The molecule has 0 aromatic heterocycles. The van der Waals surface area contributed by atoms with Gasteiger partial charge in [0.2, 0.25) is 15.9 Å². The number of hydrogen-bond donors (Lipinski definition) is 3. The van der Waals surface area contributed by atoms with Crippen LogP contribution in [0.1, 0.15) is 32.6 Å². The maximum absolute atomic E-state index is 12.4. The van der Waals surface area contributed by atoms with E-state index in [1.165, 1.54) is 0 Å². The zero-order valence-electron chi connectivity index (χ0n) is 15.5. The van der Waals surface area contributed by atoms with Crippen molar-refractivity contribution in [1.82, 2.24) is 10.0 Å². The first-order valence-electron chi connectivity index (χ1n) is 8.94. The highest BCUT2D eigenvalue weighted by Crippen LogP contribution is 2.18. The molecular formula is C19H28ClN3O3S. The van der Waals surface area contributed by atoms with Crippen LogP contribution in [0, 0.1) is 0 Å². The van der Waals surface area contributed by atoms with Crippen molar-refractivity contribution in [3.8, 4) is 0 Å². The van der Waals surface area contributed by atoms with Gasteiger partial charge in [-0.25, -0.2) is 13.1 Å². The zero-order chi connectivity index (χ0) is 19.0. The Hall–Kier alpha value is -1.67. The number of hydrogen-bond acceptors (Lipinski definition) is 4. The van der Waals surface area contributed by atoms with Crippen molar-refractivity contribution in [3.63, 3.8) is 0 Å². The fourth-order valence-electron chi connectivity index (χ4n) is 2.72. The Morgan fingerprint density at radius 3 is 2.52 bits per heavy atom. The number of sulfonamides is 1. The van der Waals surface area contributed by atoms with Crippen LogP contribution < -0.4 is 15.8 Å². The maximum atomic E-state index is 12.4. The summed E-state index contributed by atoms with van der Waals surface area (Å²) in [6, 6.07) is 12.5. The molecule has 1 amide bonds. The van der Waals surface area contributed by atoms with Gasteiger partial charge in [-0.3, -0.25) is 4.79 Å². The molecule has 1 unspecified atom stereocenters. The van der Waals surface area contributed by atoms with Gasteiger partial charge in [0, 0.05) is 25.6 Å². The number of halogens is 1. The summed E-state index contributed by atoms with van der Waals surface area (Å²) in [6.45, 7) is 2.51. The minimum Gasteiger partial charge on any atom is -0.352 e. The number of fused-ring (bicyclic) bond motifs is 1. The molecule has 2 aromatic rings. The van der Waals surface area contributed by atoms with Gasteiger partial charge < -0.3 is 11.1 Å². The van der Waals surface area contributed by atoms with Gasteiger partial charge in [0.1, 0.15) is 0 Å². The lowest BCUT2D eigenvalue weighted by molar-refractivity contribution is -0.121. The molecule has 0 aliphatic heterocycles. The molecule has 1 atom stereocenters. The molecule has 8 heteroatoms. The highest BCUT2D eigenvalue weighted by atomic mass is 35.5. The first kappa shape index (κ1) is 23.4. The van der Waals surface area contributed by atoms with Crippen molar-refractivity contribution in [1.29, 1.82) is 0 Å². The predicted octanol–water partition coefficient (Wildman–Crippen LogP) is 2.56. The van der Waals surface area contributed by atoms with Crippen LogP contribution >= 0.6 is 12.4 Å². The molecule has 150 valence electrons. The number of carbonyl (C=O) groups excluding carboxylic acids is 1. The van der Waals surface area contributed by atoms with Crippen LogP contribution in [0.5, 0.6) is 0 Å². The van der Waals surface area contributed by atoms with E-state index in [0.717, 1.165) is 30.0 Å². The third-order valence-electron chi connectivity index (χ3n) is 4.23. The maximum Gasteiger partial charge on any atom is 0.240 e. The third kappa shape index (κ3) is 7.10. The Kier molecular flexibility index (Phi) is 9.73. The molecule has 0 radical (unpaired) electrons. The number of benzene rings is 2. The fourth-order valence-corrected chi connectivity index (χ4v) is 3.78. The van der Waals surface area contributed by atoms with Crippen LogP contribution in [0.2, 0.25) is 0 Å². The Labute approximate surface area is 167 Å². The summed E-state index contributed by atoms with van der Waals surface area (Å²) in [5.41, 5.74) is 5.65. The SMILES string of the molecule is CCCCC(CN)NC(=O)CCNS(=O)(=O)c1ccc2ccccc2c1.Cl. The number of carbonyl (C=O) groups is 1. The predicted molar refractivity (Wildman–Crippen MR) is 112 cm³/mol. The van der Waals surface area contributed by atoms with Gasteiger partial charge in [-0.1, -0.05) is 50.1 Å². The number of unbranched alkanes of at least 4 members (excludes halogenated alkanes) is 1. The van der Waals surface area contributed by atoms with Gasteiger partial charge in [-0.15, -0.1) is 12.4 Å². The van der Waals surface area contributed by atoms with E-state index in [9.17, 15) is 13.2 Å². The molecule has 0 spiro atoms. The largest absolute Gasteiger partial charge is 0.352 e. The highest BCUT2D eigenvalue weighted by Gasteiger charge is 2.15. The highest BCUT2D eigenvalue weighted by molar-refractivity contribution is 7.89. The lowest BCUT2D eigenvalue weighted by Gasteiger charge is -2.16. The molecule has 0 fully saturated rings. The van der Waals surface area contributed by atoms with Crippen molar-refractivity contribution in [3.05, 3.63) is 42.5 Å². The molecule has 0 aliphatic carbocycles. The summed E-state index contributed by atoms with van der Waals surface area (Å²) >= 11 is 0. The van der Waals surface area contributed by atoms with Crippen molar-refractivity contribution in [2.75, 3.05) is 13.1 Å². The molecule has 2 aromatic carbocycles. The Morgan fingerprint density at radius 2 is 1.85 bits per heavy atom. The van der Waals surface area contributed by atoms with Crippen LogP contribution in [0.3, 0.4) is 0 Å². The normalized spacial score (nSPS) is 12.4. The van der Waals surface area contributed by atoms with E-state index < -0.39 is 10.0 Å². The molecular weight excluding hydrogens is 386 g/mol. The molecule has 0 saturated carbocycles. The second-order valence-corrected chi connectivity index (χ2v) is 8.07. The van der Waals surface area contributed by atoms with Crippen molar-refractivity contribution >= 4 is 39.1 Å². The molecule has 2 rings (SSSR count). The molecule has 0 bridgehead atoms. The summed E-state index contributed by atoms with van der Waals surface area (Å²) < 4.78 is 27.3. The van der Waals surface area contributed by atoms with Gasteiger partial charge in [0.25, 0.3) is 0 Å². The summed E-state index contributed by atoms with van der Waals surface area (Å²) in [4.78, 5) is 12.2. The monoisotopic (exact) mass is 413 g/mol. The van der Waals surface area contributed by atoms with E-state index >= 15 is 0 Å². The van der Waals surface area contributed by atoms with Crippen LogP contribution in [-0.4, -0.2) is 33.5 Å². The second kappa shape index (κ2) is 11.2. The van der Waals surface area contributed by atoms with E-state index in [2.05, 4.69) is 17.0 Å². The van der Waals surface area contributed by atoms with Gasteiger partial charge in [-0.05, 0) is 29.3 Å². The van der Waals surface area contributed by atoms with E-state index in [1.807, 2.05) is 24.3 Å². The lowest BCUT2D eigenvalue weighted by Crippen LogP contribution is -2.41. The zero-order valence-corrected chi connectivity index (χ0v) is 17.1. The van der Waals surface area contributed by atoms with Gasteiger partial charge in [0.05, 0.1) is 4.90 Å². The van der Waals surface area contributed by atoms with Crippen molar-refractivity contribution < 1.29 is 13.2 Å². The van der Waals surface area contributed by atoms with Crippen molar-refractivity contribution in [2.24, 2.45) is 5.73 Å². The Morgan fingerprint density at radius 1 is 1.15 bits per heavy atom. The minimum atomic E-state index is -3.65. The quantitative estimate of drug-likeness (QED) is 0.557. The average Bonchev–Trinajstić information content (AvgIpc) is 2.64. The van der Waals surface area contributed by atoms with Crippen LogP contribution in [-0.2, 0) is 14.8 Å². The first-order valence-corrected chi connectivity index (χ1v) is 10.4. The van der Waals surface area contributed by atoms with Crippen LogP contribution in [0.4, 0.5) is 0 Å². The summed E-state index contributed by atoms with van der Waals surface area (Å²) in [7, 11) is -3.65. The van der Waals surface area contributed by atoms with Crippen LogP contribution in [0.25, 0.3) is 10.8 Å². The van der Waals surface area contributed by atoms with Gasteiger partial charge in [-0.2, -0.15) is 0 Å². The van der Waals surface area contributed by atoms with Gasteiger partial charge in [0.15, 0.2) is 0 Å². The standard InChI is InChI=1S/C19H27N3O3S.ClH/c1-2-3-8-17(14-20)22-19(23)11-12-21-26(24,25)18-10-9-15-6-4-5-7-16(15)13-18;/h4-7,9-10,13,17,21H,2-3,8,11-12,14,20H2,1H3,(H,22,23);1H. The van der Waals surface area contributed by atoms with Crippen LogP contribution in [0.15, 0.2) is 47.4 Å². The van der Waals surface area contributed by atoms with E-state index in [0.29, 0.717) is 6.54 Å². The van der Waals surface area contributed by atoms with E-state index in [1.54, 1.807) is 18.2 Å². The second-order valence-electron chi connectivity index (χ2n) is 6.30. The molecule has 0 saturated heterocycles.